The van der Waals surface area contributed by atoms with Crippen molar-refractivity contribution in [1.82, 2.24) is 9.97 Å². The number of aromatic amines is 1. The smallest absolute Gasteiger partial charge is 0.291 e. The molecule has 1 aromatic heterocycles. The van der Waals surface area contributed by atoms with Gasteiger partial charge in [0.25, 0.3) is 5.56 Å². The van der Waals surface area contributed by atoms with Crippen LogP contribution in [0.3, 0.4) is 0 Å². The van der Waals surface area contributed by atoms with Gasteiger partial charge in [0.1, 0.15) is 0 Å². The van der Waals surface area contributed by atoms with E-state index in [0.717, 1.165) is 11.3 Å². The van der Waals surface area contributed by atoms with Crippen molar-refractivity contribution in [2.24, 2.45) is 0 Å². The molecule has 2 aromatic rings. The fourth-order valence-corrected chi connectivity index (χ4v) is 1.48. The molecule has 2 rings (SSSR count). The first-order chi connectivity index (χ1) is 7.68. The fourth-order valence-electron chi connectivity index (χ4n) is 1.48. The highest BCUT2D eigenvalue weighted by molar-refractivity contribution is 5.58. The van der Waals surface area contributed by atoms with Crippen LogP contribution in [0.5, 0.6) is 0 Å². The Kier molecular flexibility index (Phi) is 2.72. The van der Waals surface area contributed by atoms with Crippen LogP contribution in [0, 0.1) is 0 Å². The molecule has 16 heavy (non-hydrogen) atoms. The minimum Gasteiger partial charge on any atom is -0.358 e. The molecule has 0 unspecified atom stereocenters. The van der Waals surface area contributed by atoms with Crippen molar-refractivity contribution < 1.29 is 0 Å². The van der Waals surface area contributed by atoms with Gasteiger partial charge in [0.2, 0.25) is 0 Å². The zero-order chi connectivity index (χ0) is 11.5. The molecule has 0 atom stereocenters. The monoisotopic (exact) mass is 215 g/mol. The Morgan fingerprint density at radius 2 is 1.88 bits per heavy atom. The number of H-pyrrole nitrogens is 1. The quantitative estimate of drug-likeness (QED) is 0.826. The molecule has 0 fully saturated rings. The van der Waals surface area contributed by atoms with Crippen LogP contribution in [0.2, 0.25) is 0 Å². The highest BCUT2D eigenvalue weighted by Crippen LogP contribution is 2.14. The third kappa shape index (κ3) is 1.95. The van der Waals surface area contributed by atoms with E-state index < -0.39 is 0 Å². The normalized spacial score (nSPS) is 10.1. The zero-order valence-corrected chi connectivity index (χ0v) is 9.27. The van der Waals surface area contributed by atoms with Gasteiger partial charge in [0.15, 0.2) is 5.82 Å². The van der Waals surface area contributed by atoms with Crippen molar-refractivity contribution in [2.75, 3.05) is 19.0 Å². The second-order valence-corrected chi connectivity index (χ2v) is 3.71. The lowest BCUT2D eigenvalue weighted by molar-refractivity contribution is 1.01. The Labute approximate surface area is 93.6 Å². The van der Waals surface area contributed by atoms with Crippen molar-refractivity contribution in [3.8, 4) is 11.3 Å². The molecule has 0 radical (unpaired) electrons. The number of hydrogen-bond donors (Lipinski definition) is 1. The van der Waals surface area contributed by atoms with Crippen molar-refractivity contribution in [3.63, 3.8) is 0 Å². The molecule has 0 spiro atoms. The molecule has 1 aromatic carbocycles. The first kappa shape index (κ1) is 10.4. The molecule has 0 aliphatic rings. The Morgan fingerprint density at radius 3 is 2.44 bits per heavy atom. The van der Waals surface area contributed by atoms with Crippen LogP contribution in [0.4, 0.5) is 5.82 Å². The Bertz CT molecular complexity index is 531. The molecule has 1 N–H and O–H groups in total. The van der Waals surface area contributed by atoms with Crippen molar-refractivity contribution in [1.29, 1.82) is 0 Å². The van der Waals surface area contributed by atoms with Crippen molar-refractivity contribution >= 4 is 5.82 Å². The molecule has 4 heteroatoms. The highest BCUT2D eigenvalue weighted by atomic mass is 16.1. The van der Waals surface area contributed by atoms with E-state index in [4.69, 9.17) is 0 Å². The van der Waals surface area contributed by atoms with E-state index in [0.29, 0.717) is 5.82 Å². The number of aromatic nitrogens is 2. The van der Waals surface area contributed by atoms with Crippen molar-refractivity contribution in [2.45, 2.75) is 0 Å². The van der Waals surface area contributed by atoms with Crippen LogP contribution in [-0.4, -0.2) is 24.1 Å². The summed E-state index contributed by atoms with van der Waals surface area (Å²) in [4.78, 5) is 20.3. The summed E-state index contributed by atoms with van der Waals surface area (Å²) in [5.41, 5.74) is 1.51. The molecule has 0 amide bonds. The van der Waals surface area contributed by atoms with Crippen LogP contribution >= 0.6 is 0 Å². The lowest BCUT2D eigenvalue weighted by Crippen LogP contribution is -2.22. The van der Waals surface area contributed by atoms with E-state index in [9.17, 15) is 4.79 Å². The summed E-state index contributed by atoms with van der Waals surface area (Å²) in [6.07, 6.45) is 1.67. The molecule has 0 aliphatic carbocycles. The molecule has 82 valence electrons. The Hall–Kier alpha value is -2.10. The van der Waals surface area contributed by atoms with E-state index >= 15 is 0 Å². The van der Waals surface area contributed by atoms with Crippen LogP contribution in [0.1, 0.15) is 0 Å². The summed E-state index contributed by atoms with van der Waals surface area (Å²) >= 11 is 0. The molecule has 0 saturated heterocycles. The molecule has 4 nitrogen and oxygen atoms in total. The van der Waals surface area contributed by atoms with Gasteiger partial charge < -0.3 is 9.88 Å². The number of rotatable bonds is 2. The largest absolute Gasteiger partial charge is 0.358 e. The maximum Gasteiger partial charge on any atom is 0.291 e. The molecule has 0 bridgehead atoms. The maximum atomic E-state index is 11.7. The second-order valence-electron chi connectivity index (χ2n) is 3.71. The van der Waals surface area contributed by atoms with Crippen LogP contribution in [-0.2, 0) is 0 Å². The highest BCUT2D eigenvalue weighted by Gasteiger charge is 2.05. The van der Waals surface area contributed by atoms with E-state index in [1.54, 1.807) is 25.2 Å². The molecular formula is C12H13N3O. The summed E-state index contributed by atoms with van der Waals surface area (Å²) in [5, 5.41) is 0. The third-order valence-corrected chi connectivity index (χ3v) is 2.28. The predicted molar refractivity (Wildman–Crippen MR) is 64.6 cm³/mol. The summed E-state index contributed by atoms with van der Waals surface area (Å²) in [6.45, 7) is 0. The van der Waals surface area contributed by atoms with E-state index in [-0.39, 0.29) is 5.56 Å². The number of nitrogens with zero attached hydrogens (tertiary/aromatic N) is 2. The zero-order valence-electron chi connectivity index (χ0n) is 9.27. The Morgan fingerprint density at radius 1 is 1.19 bits per heavy atom. The number of nitrogens with one attached hydrogen (secondary N) is 1. The standard InChI is InChI=1S/C12H13N3O/c1-15(2)11-12(16)14-10(8-13-11)9-6-4-3-5-7-9/h3-8H,1-2H3,(H,14,16). The summed E-state index contributed by atoms with van der Waals surface area (Å²) in [7, 11) is 3.58. The van der Waals surface area contributed by atoms with E-state index in [2.05, 4.69) is 9.97 Å². The maximum absolute atomic E-state index is 11.7. The minimum absolute atomic E-state index is 0.175. The molecule has 0 aliphatic heterocycles. The number of hydrogen-bond acceptors (Lipinski definition) is 3. The first-order valence-corrected chi connectivity index (χ1v) is 5.00. The van der Waals surface area contributed by atoms with Crippen molar-refractivity contribution in [3.05, 3.63) is 46.9 Å². The van der Waals surface area contributed by atoms with Gasteiger partial charge >= 0.3 is 0 Å². The molecular weight excluding hydrogens is 202 g/mol. The lowest BCUT2D eigenvalue weighted by Gasteiger charge is -2.10. The molecule has 0 saturated carbocycles. The predicted octanol–water partition coefficient (Wildman–Crippen LogP) is 1.50. The van der Waals surface area contributed by atoms with Crippen LogP contribution in [0.15, 0.2) is 41.3 Å². The van der Waals surface area contributed by atoms with Gasteiger partial charge in [-0.15, -0.1) is 0 Å². The van der Waals surface area contributed by atoms with Gasteiger partial charge in [-0.05, 0) is 5.56 Å². The molecule has 1 heterocycles. The van der Waals surface area contributed by atoms with Gasteiger partial charge in [0.05, 0.1) is 11.9 Å². The number of benzene rings is 1. The summed E-state index contributed by atoms with van der Waals surface area (Å²) < 4.78 is 0. The van der Waals surface area contributed by atoms with Gasteiger partial charge in [-0.3, -0.25) is 4.79 Å². The van der Waals surface area contributed by atoms with Gasteiger partial charge in [-0.2, -0.15) is 0 Å². The minimum atomic E-state index is -0.175. The van der Waals surface area contributed by atoms with Crippen LogP contribution in [0.25, 0.3) is 11.3 Å². The average Bonchev–Trinajstić information content (AvgIpc) is 2.29. The Balaban J connectivity index is 2.47. The van der Waals surface area contributed by atoms with Gasteiger partial charge in [-0.1, -0.05) is 30.3 Å². The topological polar surface area (TPSA) is 49.0 Å². The lowest BCUT2D eigenvalue weighted by atomic mass is 10.2. The first-order valence-electron chi connectivity index (χ1n) is 5.00. The number of anilines is 1. The fraction of sp³-hybridized carbons (Fsp3) is 0.167. The SMILES string of the molecule is CN(C)c1ncc(-c2ccccc2)[nH]c1=O. The van der Waals surface area contributed by atoms with E-state index in [1.807, 2.05) is 30.3 Å². The third-order valence-electron chi connectivity index (χ3n) is 2.28. The average molecular weight is 215 g/mol. The summed E-state index contributed by atoms with van der Waals surface area (Å²) in [6, 6.07) is 9.65. The van der Waals surface area contributed by atoms with Crippen LogP contribution < -0.4 is 10.5 Å². The van der Waals surface area contributed by atoms with Gasteiger partial charge in [-0.25, -0.2) is 4.98 Å². The summed E-state index contributed by atoms with van der Waals surface area (Å²) in [5.74, 6) is 0.416. The second kappa shape index (κ2) is 4.18. The van der Waals surface area contributed by atoms with Gasteiger partial charge in [0, 0.05) is 14.1 Å². The van der Waals surface area contributed by atoms with E-state index in [1.165, 1.54) is 0 Å².